The van der Waals surface area contributed by atoms with Gasteiger partial charge in [-0.05, 0) is 55.7 Å². The number of nitrogens with zero attached hydrogens (tertiary/aromatic N) is 2. The maximum absolute atomic E-state index is 13.4. The van der Waals surface area contributed by atoms with Crippen LogP contribution in [0.3, 0.4) is 0 Å². The highest BCUT2D eigenvalue weighted by Crippen LogP contribution is 2.57. The molecule has 2 fully saturated rings. The lowest BCUT2D eigenvalue weighted by Gasteiger charge is -2.24. The second-order valence-corrected chi connectivity index (χ2v) is 11.0. The molecule has 2 heterocycles. The van der Waals surface area contributed by atoms with Crippen molar-refractivity contribution >= 4 is 11.8 Å². The molecule has 1 aliphatic heterocycles. The summed E-state index contributed by atoms with van der Waals surface area (Å²) in [5.74, 6) is -0.836. The monoisotopic (exact) mass is 572 g/mol. The normalized spacial score (nSPS) is 20.1. The molecule has 0 spiro atoms. The Bertz CT molecular complexity index is 1260. The van der Waals surface area contributed by atoms with E-state index in [0.29, 0.717) is 43.1 Å². The average Bonchev–Trinajstić information content (AvgIpc) is 3.80. The minimum Gasteiger partial charge on any atom is -0.484 e. The van der Waals surface area contributed by atoms with Crippen LogP contribution in [0.25, 0.3) is 0 Å². The van der Waals surface area contributed by atoms with E-state index in [0.717, 1.165) is 24.8 Å². The molecule has 1 aromatic heterocycles. The summed E-state index contributed by atoms with van der Waals surface area (Å²) in [4.78, 5) is 25.6. The van der Waals surface area contributed by atoms with Crippen LogP contribution in [0, 0.1) is 11.3 Å². The summed E-state index contributed by atoms with van der Waals surface area (Å²) < 4.78 is 84.0. The molecule has 3 aliphatic rings. The van der Waals surface area contributed by atoms with E-state index >= 15 is 0 Å². The van der Waals surface area contributed by atoms with Crippen molar-refractivity contribution in [3.63, 3.8) is 0 Å². The zero-order valence-corrected chi connectivity index (χ0v) is 21.6. The van der Waals surface area contributed by atoms with E-state index in [4.69, 9.17) is 4.74 Å². The summed E-state index contributed by atoms with van der Waals surface area (Å²) in [5.41, 5.74) is -0.405. The molecular formula is C27H30F6N4O3. The largest absolute Gasteiger partial charge is 0.484 e. The van der Waals surface area contributed by atoms with Gasteiger partial charge < -0.3 is 15.4 Å². The topological polar surface area (TPSA) is 85.2 Å². The molecular weight excluding hydrogens is 542 g/mol. The van der Waals surface area contributed by atoms with Gasteiger partial charge in [0.1, 0.15) is 11.2 Å². The Balaban J connectivity index is 1.26. The van der Waals surface area contributed by atoms with Crippen molar-refractivity contribution in [2.45, 2.75) is 82.9 Å². The molecule has 2 N–H and O–H groups in total. The van der Waals surface area contributed by atoms with E-state index in [9.17, 15) is 35.9 Å². The molecule has 2 saturated carbocycles. The van der Waals surface area contributed by atoms with Gasteiger partial charge in [-0.2, -0.15) is 31.4 Å². The number of alkyl halides is 6. The summed E-state index contributed by atoms with van der Waals surface area (Å²) in [5, 5.41) is 9.96. The second kappa shape index (κ2) is 10.6. The Morgan fingerprint density at radius 1 is 1.15 bits per heavy atom. The van der Waals surface area contributed by atoms with Gasteiger partial charge in [0, 0.05) is 19.0 Å². The quantitative estimate of drug-likeness (QED) is 0.377. The van der Waals surface area contributed by atoms with Gasteiger partial charge in [0.25, 0.3) is 5.91 Å². The Labute approximate surface area is 226 Å². The van der Waals surface area contributed by atoms with E-state index in [2.05, 4.69) is 15.7 Å². The highest BCUT2D eigenvalue weighted by Gasteiger charge is 2.68. The number of ether oxygens (including phenoxy) is 1. The van der Waals surface area contributed by atoms with Crippen molar-refractivity contribution in [3.8, 4) is 5.75 Å². The maximum atomic E-state index is 13.4. The minimum atomic E-state index is -4.63. The molecule has 0 saturated heterocycles. The van der Waals surface area contributed by atoms with Gasteiger partial charge >= 0.3 is 12.4 Å². The number of aryl methyl sites for hydroxylation is 2. The molecule has 2 amide bonds. The molecule has 1 atom stereocenters. The molecule has 0 radical (unpaired) electrons. The number of fused-ring (bicyclic) bond motifs is 1. The summed E-state index contributed by atoms with van der Waals surface area (Å²) in [6.45, 7) is -1.12. The van der Waals surface area contributed by atoms with Crippen LogP contribution in [0.4, 0.5) is 26.3 Å². The van der Waals surface area contributed by atoms with E-state index in [-0.39, 0.29) is 36.7 Å². The van der Waals surface area contributed by atoms with Crippen LogP contribution in [-0.4, -0.2) is 46.6 Å². The lowest BCUT2D eigenvalue weighted by atomic mass is 9.95. The lowest BCUT2D eigenvalue weighted by molar-refractivity contribution is -0.192. The van der Waals surface area contributed by atoms with Gasteiger partial charge in [-0.1, -0.05) is 25.0 Å². The van der Waals surface area contributed by atoms with Gasteiger partial charge in [-0.25, -0.2) is 0 Å². The zero-order valence-electron chi connectivity index (χ0n) is 21.6. The minimum absolute atomic E-state index is 0.101. The first-order valence-electron chi connectivity index (χ1n) is 13.4. The highest BCUT2D eigenvalue weighted by atomic mass is 19.4. The van der Waals surface area contributed by atoms with Gasteiger partial charge in [0.15, 0.2) is 6.61 Å². The molecule has 0 bridgehead atoms. The number of carbonyl (C=O) groups is 2. The average molecular weight is 573 g/mol. The number of carbonyl (C=O) groups excluding carboxylic acids is 2. The number of hydrogen-bond donors (Lipinski definition) is 2. The first kappa shape index (κ1) is 28.3. The van der Waals surface area contributed by atoms with Crippen molar-refractivity contribution in [2.75, 3.05) is 6.61 Å². The van der Waals surface area contributed by atoms with Gasteiger partial charge in [-0.3, -0.25) is 14.3 Å². The molecule has 40 heavy (non-hydrogen) atoms. The number of rotatable bonds is 11. The standard InChI is InChI=1S/C27H30F6N4O3/c28-26(29,30)15-40-19-3-1-2-17(12-19)6-7-18-13-20-22(23(38)35-18)21(37(36-20)11-8-16-4-5-16)14-34-24(39)25(9-10-25)27(31,32)33/h1-3,12,16,18H,4-11,13-15H2,(H,34,39)(H,35,38)/t18-/m0/s1. The van der Waals surface area contributed by atoms with Gasteiger partial charge in [0.2, 0.25) is 5.91 Å². The highest BCUT2D eigenvalue weighted by molar-refractivity contribution is 5.98. The Morgan fingerprint density at radius 3 is 2.55 bits per heavy atom. The Kier molecular flexibility index (Phi) is 7.51. The molecule has 5 rings (SSSR count). The van der Waals surface area contributed by atoms with Crippen LogP contribution < -0.4 is 15.4 Å². The summed E-state index contributed by atoms with van der Waals surface area (Å²) >= 11 is 0. The van der Waals surface area contributed by atoms with Gasteiger partial charge in [0.05, 0.1) is 23.5 Å². The third-order valence-electron chi connectivity index (χ3n) is 7.80. The van der Waals surface area contributed by atoms with Crippen molar-refractivity contribution in [3.05, 3.63) is 46.8 Å². The first-order chi connectivity index (χ1) is 18.8. The molecule has 13 heteroatoms. The van der Waals surface area contributed by atoms with Crippen LogP contribution in [0.2, 0.25) is 0 Å². The first-order valence-corrected chi connectivity index (χ1v) is 13.4. The fourth-order valence-electron chi connectivity index (χ4n) is 5.14. The number of benzene rings is 1. The van der Waals surface area contributed by atoms with Crippen molar-refractivity contribution < 1.29 is 40.7 Å². The van der Waals surface area contributed by atoms with Crippen LogP contribution in [0.15, 0.2) is 24.3 Å². The molecule has 1 aromatic carbocycles. The second-order valence-electron chi connectivity index (χ2n) is 11.0. The van der Waals surface area contributed by atoms with E-state index in [1.54, 1.807) is 16.8 Å². The Hall–Kier alpha value is -3.25. The third-order valence-corrected chi connectivity index (χ3v) is 7.80. The fourth-order valence-corrected chi connectivity index (χ4v) is 5.14. The predicted octanol–water partition coefficient (Wildman–Crippen LogP) is 4.87. The molecule has 2 aliphatic carbocycles. The Morgan fingerprint density at radius 2 is 1.90 bits per heavy atom. The number of nitrogens with one attached hydrogen (secondary N) is 2. The SMILES string of the molecule is O=C1N[C@@H](CCc2cccc(OCC(F)(F)F)c2)Cc2nn(CCC3CC3)c(CNC(=O)C3(C(F)(F)F)CC3)c21. The summed E-state index contributed by atoms with van der Waals surface area (Å²) in [6.07, 6.45) is -5.20. The molecule has 2 aromatic rings. The number of hydrogen-bond acceptors (Lipinski definition) is 4. The van der Waals surface area contributed by atoms with Crippen molar-refractivity contribution in [1.82, 2.24) is 20.4 Å². The van der Waals surface area contributed by atoms with Crippen LogP contribution >= 0.6 is 0 Å². The molecule has 218 valence electrons. The van der Waals surface area contributed by atoms with E-state index in [1.165, 1.54) is 12.1 Å². The zero-order chi connectivity index (χ0) is 28.7. The smallest absolute Gasteiger partial charge is 0.422 e. The summed E-state index contributed by atoms with van der Waals surface area (Å²) in [7, 11) is 0. The maximum Gasteiger partial charge on any atom is 0.422 e. The summed E-state index contributed by atoms with van der Waals surface area (Å²) in [6, 6.07) is 6.04. The van der Waals surface area contributed by atoms with Crippen molar-refractivity contribution in [1.29, 1.82) is 0 Å². The van der Waals surface area contributed by atoms with Crippen LogP contribution in [0.1, 0.15) is 65.8 Å². The van der Waals surface area contributed by atoms with Crippen LogP contribution in [-0.2, 0) is 30.7 Å². The van der Waals surface area contributed by atoms with E-state index < -0.39 is 36.2 Å². The number of aromatic nitrogens is 2. The van der Waals surface area contributed by atoms with Crippen LogP contribution in [0.5, 0.6) is 5.75 Å². The third kappa shape index (κ3) is 6.38. The molecule has 7 nitrogen and oxygen atoms in total. The predicted molar refractivity (Wildman–Crippen MR) is 130 cm³/mol. The van der Waals surface area contributed by atoms with Gasteiger partial charge in [-0.15, -0.1) is 0 Å². The lowest BCUT2D eigenvalue weighted by Crippen LogP contribution is -2.43. The fraction of sp³-hybridized carbons (Fsp3) is 0.593. The number of halogens is 6. The molecule has 0 unspecified atom stereocenters. The van der Waals surface area contributed by atoms with Crippen molar-refractivity contribution in [2.24, 2.45) is 11.3 Å². The number of amides is 2. The van der Waals surface area contributed by atoms with E-state index in [1.807, 2.05) is 0 Å².